The van der Waals surface area contributed by atoms with E-state index >= 15 is 0 Å². The quantitative estimate of drug-likeness (QED) is 0.847. The van der Waals surface area contributed by atoms with Crippen LogP contribution >= 0.6 is 22.9 Å². The van der Waals surface area contributed by atoms with Crippen molar-refractivity contribution in [3.63, 3.8) is 0 Å². The molecule has 0 saturated heterocycles. The van der Waals surface area contributed by atoms with Crippen LogP contribution in [-0.4, -0.2) is 22.6 Å². The number of carbonyl (C=O) groups excluding carboxylic acids is 1. The minimum atomic E-state index is -0.241. The van der Waals surface area contributed by atoms with E-state index in [1.54, 1.807) is 12.1 Å². The van der Waals surface area contributed by atoms with E-state index < -0.39 is 0 Å². The second-order valence-corrected chi connectivity index (χ2v) is 5.92. The third-order valence-corrected chi connectivity index (χ3v) is 4.00. The van der Waals surface area contributed by atoms with Crippen LogP contribution in [0.3, 0.4) is 0 Å². The Morgan fingerprint density at radius 1 is 1.33 bits per heavy atom. The van der Waals surface area contributed by atoms with Crippen LogP contribution in [0.2, 0.25) is 5.02 Å². The van der Waals surface area contributed by atoms with Crippen molar-refractivity contribution in [2.45, 2.75) is 26.7 Å². The minimum absolute atomic E-state index is 0.241. The Hall–Kier alpha value is -1.66. The Morgan fingerprint density at radius 2 is 2.14 bits per heavy atom. The SMILES string of the molecule is CCCNc1ccc(Cl)cc1C(=O)Nc1nnc(CC)s1. The largest absolute Gasteiger partial charge is 0.384 e. The van der Waals surface area contributed by atoms with Crippen LogP contribution in [0.25, 0.3) is 0 Å². The number of amides is 1. The Kier molecular flexibility index (Phi) is 5.52. The average Bonchev–Trinajstić information content (AvgIpc) is 2.93. The van der Waals surface area contributed by atoms with E-state index in [1.807, 2.05) is 13.0 Å². The first-order valence-corrected chi connectivity index (χ1v) is 8.00. The molecule has 5 nitrogen and oxygen atoms in total. The molecule has 1 aromatic heterocycles. The summed E-state index contributed by atoms with van der Waals surface area (Å²) < 4.78 is 0. The number of anilines is 2. The molecule has 0 aliphatic rings. The van der Waals surface area contributed by atoms with Gasteiger partial charge in [0.25, 0.3) is 5.91 Å². The monoisotopic (exact) mass is 324 g/mol. The van der Waals surface area contributed by atoms with Gasteiger partial charge in [0.05, 0.1) is 5.56 Å². The zero-order valence-corrected chi connectivity index (χ0v) is 13.5. The number of nitrogens with one attached hydrogen (secondary N) is 2. The summed E-state index contributed by atoms with van der Waals surface area (Å²) in [4.78, 5) is 12.4. The highest BCUT2D eigenvalue weighted by Crippen LogP contribution is 2.23. The van der Waals surface area contributed by atoms with E-state index in [4.69, 9.17) is 11.6 Å². The molecule has 0 aliphatic carbocycles. The van der Waals surface area contributed by atoms with Crippen molar-refractivity contribution >= 4 is 39.7 Å². The van der Waals surface area contributed by atoms with Gasteiger partial charge in [0, 0.05) is 17.3 Å². The van der Waals surface area contributed by atoms with Crippen molar-refractivity contribution in [2.75, 3.05) is 17.2 Å². The van der Waals surface area contributed by atoms with Gasteiger partial charge < -0.3 is 5.32 Å². The minimum Gasteiger partial charge on any atom is -0.384 e. The van der Waals surface area contributed by atoms with Crippen LogP contribution in [0.1, 0.15) is 35.6 Å². The van der Waals surface area contributed by atoms with Gasteiger partial charge in [0.15, 0.2) is 0 Å². The van der Waals surface area contributed by atoms with Crippen molar-refractivity contribution in [2.24, 2.45) is 0 Å². The summed E-state index contributed by atoms with van der Waals surface area (Å²) in [7, 11) is 0. The van der Waals surface area contributed by atoms with Crippen LogP contribution in [0, 0.1) is 0 Å². The van der Waals surface area contributed by atoms with Gasteiger partial charge in [-0.25, -0.2) is 0 Å². The molecule has 2 rings (SSSR count). The number of halogens is 1. The van der Waals surface area contributed by atoms with Crippen LogP contribution in [0.4, 0.5) is 10.8 Å². The number of aromatic nitrogens is 2. The highest BCUT2D eigenvalue weighted by atomic mass is 35.5. The third-order valence-electron chi connectivity index (χ3n) is 2.78. The lowest BCUT2D eigenvalue weighted by Gasteiger charge is -2.11. The molecular weight excluding hydrogens is 308 g/mol. The maximum Gasteiger partial charge on any atom is 0.259 e. The first-order valence-electron chi connectivity index (χ1n) is 6.81. The van der Waals surface area contributed by atoms with Crippen LogP contribution in [0.5, 0.6) is 0 Å². The zero-order chi connectivity index (χ0) is 15.2. The first kappa shape index (κ1) is 15.7. The van der Waals surface area contributed by atoms with E-state index in [-0.39, 0.29) is 5.91 Å². The van der Waals surface area contributed by atoms with Gasteiger partial charge in [-0.2, -0.15) is 0 Å². The molecule has 0 fully saturated rings. The molecule has 112 valence electrons. The molecule has 1 aromatic carbocycles. The molecule has 1 amide bonds. The summed E-state index contributed by atoms with van der Waals surface area (Å²) in [6, 6.07) is 5.22. The van der Waals surface area contributed by atoms with E-state index in [0.29, 0.717) is 15.7 Å². The van der Waals surface area contributed by atoms with E-state index in [1.165, 1.54) is 11.3 Å². The molecule has 0 aliphatic heterocycles. The van der Waals surface area contributed by atoms with Gasteiger partial charge in [0.1, 0.15) is 5.01 Å². The molecule has 0 radical (unpaired) electrons. The fraction of sp³-hybridized carbons (Fsp3) is 0.357. The third kappa shape index (κ3) is 4.15. The number of aryl methyl sites for hydroxylation is 1. The first-order chi connectivity index (χ1) is 10.1. The zero-order valence-electron chi connectivity index (χ0n) is 11.9. The lowest BCUT2D eigenvalue weighted by Crippen LogP contribution is -2.15. The fourth-order valence-electron chi connectivity index (χ4n) is 1.73. The Bertz CT molecular complexity index is 629. The van der Waals surface area contributed by atoms with Crippen molar-refractivity contribution < 1.29 is 4.79 Å². The number of hydrogen-bond acceptors (Lipinski definition) is 5. The summed E-state index contributed by atoms with van der Waals surface area (Å²) in [5.41, 5.74) is 1.27. The number of nitrogens with zero attached hydrogens (tertiary/aromatic N) is 2. The molecule has 1 heterocycles. The Balaban J connectivity index is 2.18. The van der Waals surface area contributed by atoms with Crippen LogP contribution in [-0.2, 0) is 6.42 Å². The summed E-state index contributed by atoms with van der Waals surface area (Å²) in [5.74, 6) is -0.241. The smallest absolute Gasteiger partial charge is 0.259 e. The predicted molar refractivity (Wildman–Crippen MR) is 87.5 cm³/mol. The fourth-order valence-corrected chi connectivity index (χ4v) is 2.58. The summed E-state index contributed by atoms with van der Waals surface area (Å²) >= 11 is 7.37. The Morgan fingerprint density at radius 3 is 2.81 bits per heavy atom. The molecule has 0 saturated carbocycles. The summed E-state index contributed by atoms with van der Waals surface area (Å²) in [6.45, 7) is 4.85. The molecule has 0 atom stereocenters. The van der Waals surface area contributed by atoms with Gasteiger partial charge in [-0.05, 0) is 31.0 Å². The van der Waals surface area contributed by atoms with E-state index in [0.717, 1.165) is 30.1 Å². The van der Waals surface area contributed by atoms with Gasteiger partial charge in [-0.15, -0.1) is 10.2 Å². The maximum absolute atomic E-state index is 12.4. The van der Waals surface area contributed by atoms with Crippen molar-refractivity contribution in [3.05, 3.63) is 33.8 Å². The summed E-state index contributed by atoms with van der Waals surface area (Å²) in [6.07, 6.45) is 1.77. The Labute approximate surface area is 132 Å². The van der Waals surface area contributed by atoms with Crippen LogP contribution < -0.4 is 10.6 Å². The van der Waals surface area contributed by atoms with Crippen molar-refractivity contribution in [3.8, 4) is 0 Å². The number of rotatable bonds is 6. The molecular formula is C14H17ClN4OS. The van der Waals surface area contributed by atoms with E-state index in [9.17, 15) is 4.79 Å². The van der Waals surface area contributed by atoms with Crippen LogP contribution in [0.15, 0.2) is 18.2 Å². The highest BCUT2D eigenvalue weighted by Gasteiger charge is 2.14. The molecule has 7 heteroatoms. The average molecular weight is 325 g/mol. The molecule has 0 spiro atoms. The number of carbonyl (C=O) groups is 1. The molecule has 0 bridgehead atoms. The normalized spacial score (nSPS) is 10.4. The van der Waals surface area contributed by atoms with Crippen molar-refractivity contribution in [1.29, 1.82) is 0 Å². The van der Waals surface area contributed by atoms with Gasteiger partial charge >= 0.3 is 0 Å². The predicted octanol–water partition coefficient (Wildman–Crippen LogP) is 3.83. The van der Waals surface area contributed by atoms with Gasteiger partial charge in [-0.3, -0.25) is 10.1 Å². The standard InChI is InChI=1S/C14H17ClN4OS/c1-3-7-16-11-6-5-9(15)8-10(11)13(20)17-14-19-18-12(4-2)21-14/h5-6,8,16H,3-4,7H2,1-2H3,(H,17,19,20). The second kappa shape index (κ2) is 7.38. The number of benzene rings is 1. The van der Waals surface area contributed by atoms with E-state index in [2.05, 4.69) is 27.8 Å². The second-order valence-electron chi connectivity index (χ2n) is 4.43. The topological polar surface area (TPSA) is 66.9 Å². The lowest BCUT2D eigenvalue weighted by molar-refractivity contribution is 0.102. The van der Waals surface area contributed by atoms with Gasteiger partial charge in [-0.1, -0.05) is 36.8 Å². The lowest BCUT2D eigenvalue weighted by atomic mass is 10.1. The van der Waals surface area contributed by atoms with Gasteiger partial charge in [0.2, 0.25) is 5.13 Å². The summed E-state index contributed by atoms with van der Waals surface area (Å²) in [5, 5.41) is 15.8. The van der Waals surface area contributed by atoms with Crippen molar-refractivity contribution in [1.82, 2.24) is 10.2 Å². The molecule has 21 heavy (non-hydrogen) atoms. The molecule has 2 aromatic rings. The maximum atomic E-state index is 12.4. The molecule has 0 unspecified atom stereocenters. The molecule has 2 N–H and O–H groups in total. The number of hydrogen-bond donors (Lipinski definition) is 2. The highest BCUT2D eigenvalue weighted by molar-refractivity contribution is 7.15.